The quantitative estimate of drug-likeness (QED) is 0.825. The number of aryl methyl sites for hydroxylation is 2. The van der Waals surface area contributed by atoms with Gasteiger partial charge in [0.2, 0.25) is 5.16 Å². The summed E-state index contributed by atoms with van der Waals surface area (Å²) in [5.41, 5.74) is 3.39. The summed E-state index contributed by atoms with van der Waals surface area (Å²) in [5.74, 6) is 0.837. The summed E-state index contributed by atoms with van der Waals surface area (Å²) in [5, 5.41) is 4.84. The number of benzene rings is 1. The minimum Gasteiger partial charge on any atom is -0.495 e. The molecule has 0 aliphatic carbocycles. The Morgan fingerprint density at radius 1 is 1.25 bits per heavy atom. The maximum absolute atomic E-state index is 12.3. The van der Waals surface area contributed by atoms with Crippen LogP contribution < -0.4 is 4.74 Å². The molecule has 24 heavy (non-hydrogen) atoms. The molecule has 1 aromatic heterocycles. The van der Waals surface area contributed by atoms with E-state index in [2.05, 4.69) is 23.1 Å². The lowest BCUT2D eigenvalue weighted by Gasteiger charge is -2.17. The van der Waals surface area contributed by atoms with Crippen LogP contribution in [0, 0.1) is 20.8 Å². The molecule has 1 heterocycles. The van der Waals surface area contributed by atoms with E-state index < -0.39 is 0 Å². The van der Waals surface area contributed by atoms with Crippen molar-refractivity contribution >= 4 is 17.8 Å². The molecule has 130 valence electrons. The van der Waals surface area contributed by atoms with Crippen molar-refractivity contribution < 1.29 is 9.53 Å². The molecule has 1 aromatic carbocycles. The molecule has 0 N–H and O–H groups in total. The fraction of sp³-hybridized carbons (Fsp3) is 0.471. The largest absolute Gasteiger partial charge is 0.495 e. The zero-order valence-corrected chi connectivity index (χ0v) is 15.9. The predicted octanol–water partition coefficient (Wildman–Crippen LogP) is 3.67. The number of hydrogen-bond donors (Lipinski definition) is 0. The number of hydrogen-bond acceptors (Lipinski definition) is 5. The molecule has 2 aromatic rings. The van der Waals surface area contributed by atoms with Crippen LogP contribution in [0.25, 0.3) is 0 Å². The molecule has 0 aliphatic rings. The molecule has 2 rings (SSSR count). The summed E-state index contributed by atoms with van der Waals surface area (Å²) >= 11 is 1.41. The predicted molar refractivity (Wildman–Crippen MR) is 95.1 cm³/mol. The topological polar surface area (TPSA) is 60.2 Å². The van der Waals surface area contributed by atoms with Crippen molar-refractivity contribution in [1.82, 2.24) is 19.7 Å². The molecule has 0 unspecified atom stereocenters. The summed E-state index contributed by atoms with van der Waals surface area (Å²) in [6, 6.07) is 1.96. The van der Waals surface area contributed by atoms with Crippen molar-refractivity contribution in [3.8, 4) is 5.75 Å². The smallest absolute Gasteiger partial charge is 0.346 e. The van der Waals surface area contributed by atoms with Gasteiger partial charge in [0.25, 0.3) is 0 Å². The van der Waals surface area contributed by atoms with E-state index in [0.29, 0.717) is 18.2 Å². The van der Waals surface area contributed by atoms with Gasteiger partial charge in [0.15, 0.2) is 0 Å². The highest BCUT2D eigenvalue weighted by Gasteiger charge is 2.18. The number of aromatic nitrogens is 3. The van der Waals surface area contributed by atoms with Gasteiger partial charge in [-0.1, -0.05) is 6.07 Å². The molecule has 0 saturated heterocycles. The van der Waals surface area contributed by atoms with E-state index in [0.717, 1.165) is 21.8 Å². The highest BCUT2D eigenvalue weighted by Crippen LogP contribution is 2.39. The second-order valence-electron chi connectivity index (χ2n) is 5.53. The zero-order chi connectivity index (χ0) is 17.9. The summed E-state index contributed by atoms with van der Waals surface area (Å²) in [7, 11) is 1.67. The third-order valence-electron chi connectivity index (χ3n) is 4.03. The Bertz CT molecular complexity index is 738. The Labute approximate surface area is 147 Å². The Morgan fingerprint density at radius 3 is 2.50 bits per heavy atom. The number of nitrogens with zero attached hydrogens (tertiary/aromatic N) is 4. The molecule has 0 radical (unpaired) electrons. The van der Waals surface area contributed by atoms with Gasteiger partial charge < -0.3 is 9.64 Å². The second kappa shape index (κ2) is 7.70. The van der Waals surface area contributed by atoms with E-state index in [9.17, 15) is 4.79 Å². The van der Waals surface area contributed by atoms with Gasteiger partial charge in [-0.25, -0.2) is 9.78 Å². The molecule has 7 heteroatoms. The number of rotatable bonds is 5. The van der Waals surface area contributed by atoms with Gasteiger partial charge in [-0.3, -0.25) is 0 Å². The van der Waals surface area contributed by atoms with Crippen LogP contribution in [0.5, 0.6) is 5.75 Å². The first kappa shape index (κ1) is 18.3. The third-order valence-corrected chi connectivity index (χ3v) is 5.11. The van der Waals surface area contributed by atoms with Crippen LogP contribution in [0.4, 0.5) is 4.79 Å². The lowest BCUT2D eigenvalue weighted by Crippen LogP contribution is -2.34. The summed E-state index contributed by atoms with van der Waals surface area (Å²) in [6.07, 6.45) is 1.46. The average Bonchev–Trinajstić information content (AvgIpc) is 3.02. The van der Waals surface area contributed by atoms with E-state index in [1.54, 1.807) is 12.0 Å². The Morgan fingerprint density at radius 2 is 1.92 bits per heavy atom. The molecular formula is C17H24N4O2S. The number of carbonyl (C=O) groups is 1. The number of ether oxygens (including phenoxy) is 1. The van der Waals surface area contributed by atoms with Crippen molar-refractivity contribution in [3.63, 3.8) is 0 Å². The minimum atomic E-state index is -0.164. The molecule has 0 saturated carbocycles. The minimum absolute atomic E-state index is 0.164. The normalized spacial score (nSPS) is 10.8. The monoisotopic (exact) mass is 348 g/mol. The molecular weight excluding hydrogens is 324 g/mol. The van der Waals surface area contributed by atoms with Gasteiger partial charge in [-0.05, 0) is 63.1 Å². The van der Waals surface area contributed by atoms with Crippen LogP contribution in [0.3, 0.4) is 0 Å². The second-order valence-corrected chi connectivity index (χ2v) is 6.50. The van der Waals surface area contributed by atoms with Crippen molar-refractivity contribution in [1.29, 1.82) is 0 Å². The average molecular weight is 348 g/mol. The zero-order valence-electron chi connectivity index (χ0n) is 15.1. The lowest BCUT2D eigenvalue weighted by atomic mass is 10.1. The van der Waals surface area contributed by atoms with Gasteiger partial charge in [-0.15, -0.1) is 5.10 Å². The van der Waals surface area contributed by atoms with Gasteiger partial charge in [-0.2, -0.15) is 4.68 Å². The molecule has 0 atom stereocenters. The highest BCUT2D eigenvalue weighted by molar-refractivity contribution is 7.99. The first-order valence-electron chi connectivity index (χ1n) is 7.96. The maximum Gasteiger partial charge on any atom is 0.346 e. The highest BCUT2D eigenvalue weighted by atomic mass is 32.2. The van der Waals surface area contributed by atoms with Crippen molar-refractivity contribution in [3.05, 3.63) is 29.1 Å². The molecule has 0 spiro atoms. The lowest BCUT2D eigenvalue weighted by molar-refractivity contribution is 0.201. The van der Waals surface area contributed by atoms with E-state index >= 15 is 0 Å². The van der Waals surface area contributed by atoms with Crippen LogP contribution in [-0.4, -0.2) is 45.9 Å². The van der Waals surface area contributed by atoms with Crippen LogP contribution in [0.2, 0.25) is 0 Å². The maximum atomic E-state index is 12.3. The molecule has 1 amide bonds. The van der Waals surface area contributed by atoms with E-state index in [-0.39, 0.29) is 6.03 Å². The summed E-state index contributed by atoms with van der Waals surface area (Å²) in [4.78, 5) is 19.3. The third kappa shape index (κ3) is 3.56. The Balaban J connectivity index is 2.31. The van der Waals surface area contributed by atoms with E-state index in [1.807, 2.05) is 27.7 Å². The van der Waals surface area contributed by atoms with E-state index in [4.69, 9.17) is 4.74 Å². The molecule has 0 aliphatic heterocycles. The van der Waals surface area contributed by atoms with Crippen LogP contribution in [0.1, 0.15) is 30.5 Å². The van der Waals surface area contributed by atoms with E-state index in [1.165, 1.54) is 28.3 Å². The van der Waals surface area contributed by atoms with Crippen molar-refractivity contribution in [2.75, 3.05) is 20.2 Å². The first-order valence-corrected chi connectivity index (χ1v) is 8.78. The summed E-state index contributed by atoms with van der Waals surface area (Å²) < 4.78 is 6.87. The Kier molecular flexibility index (Phi) is 5.88. The fourth-order valence-electron chi connectivity index (χ4n) is 2.52. The van der Waals surface area contributed by atoms with Gasteiger partial charge in [0, 0.05) is 13.1 Å². The Hall–Kier alpha value is -2.02. The molecule has 6 nitrogen and oxygen atoms in total. The molecule has 0 bridgehead atoms. The fourth-order valence-corrected chi connectivity index (χ4v) is 3.48. The van der Waals surface area contributed by atoms with Crippen LogP contribution >= 0.6 is 11.8 Å². The van der Waals surface area contributed by atoms with Crippen molar-refractivity contribution in [2.45, 2.75) is 44.7 Å². The van der Waals surface area contributed by atoms with Crippen LogP contribution in [-0.2, 0) is 0 Å². The SMILES string of the molecule is CCN(CC)C(=O)n1cnc(Sc2c(C)cc(C)c(C)c2OC)n1. The van der Waals surface area contributed by atoms with Gasteiger partial charge in [0.05, 0.1) is 12.0 Å². The number of amides is 1. The van der Waals surface area contributed by atoms with Gasteiger partial charge in [0.1, 0.15) is 12.1 Å². The first-order chi connectivity index (χ1) is 11.4. The number of methoxy groups -OCH3 is 1. The summed E-state index contributed by atoms with van der Waals surface area (Å²) in [6.45, 7) is 11.3. The van der Waals surface area contributed by atoms with Crippen LogP contribution in [0.15, 0.2) is 22.4 Å². The van der Waals surface area contributed by atoms with Gasteiger partial charge >= 0.3 is 6.03 Å². The van der Waals surface area contributed by atoms with Crippen molar-refractivity contribution in [2.24, 2.45) is 0 Å². The number of carbonyl (C=O) groups excluding carboxylic acids is 1. The standard InChI is InChI=1S/C17H24N4O2S/c1-7-20(8-2)17(22)21-10-18-16(19-21)24-15-12(4)9-11(3)13(5)14(15)23-6/h9-10H,7-8H2,1-6H3. The molecule has 0 fully saturated rings.